The van der Waals surface area contributed by atoms with Crippen LogP contribution in [0.25, 0.3) is 0 Å². The molecule has 1 N–H and O–H groups in total. The molecule has 0 saturated carbocycles. The Balaban J connectivity index is 2.59. The first-order chi connectivity index (χ1) is 9.95. The molecule has 2 rings (SSSR count). The van der Waals surface area contributed by atoms with Gasteiger partial charge < -0.3 is 5.32 Å². The quantitative estimate of drug-likeness (QED) is 0.652. The van der Waals surface area contributed by atoms with E-state index in [4.69, 9.17) is 23.2 Å². The molecule has 2 aromatic rings. The summed E-state index contributed by atoms with van der Waals surface area (Å²) in [6.45, 7) is 2.54. The van der Waals surface area contributed by atoms with Gasteiger partial charge in [0, 0.05) is 10.0 Å². The van der Waals surface area contributed by atoms with E-state index in [1.54, 1.807) is 18.2 Å². The smallest absolute Gasteiger partial charge is 0.173 e. The number of nitrogens with one attached hydrogen (secondary N) is 1. The first-order valence-electron chi connectivity index (χ1n) is 6.27. The van der Waals surface area contributed by atoms with Crippen LogP contribution in [-0.2, 0) is 0 Å². The third-order valence-corrected chi connectivity index (χ3v) is 4.44. The molecule has 0 spiro atoms. The molecule has 112 valence electrons. The van der Waals surface area contributed by atoms with Gasteiger partial charge in [0.2, 0.25) is 0 Å². The molecule has 1 nitrogen and oxygen atoms in total. The molecule has 0 amide bonds. The summed E-state index contributed by atoms with van der Waals surface area (Å²) in [6.07, 6.45) is 0. The summed E-state index contributed by atoms with van der Waals surface area (Å²) in [5, 5.41) is 4.23. The lowest BCUT2D eigenvalue weighted by molar-refractivity contribution is 0.498. The average Bonchev–Trinajstić information content (AvgIpc) is 2.46. The molecule has 1 atom stereocenters. The summed E-state index contributed by atoms with van der Waals surface area (Å²) in [6, 6.07) is 7.29. The van der Waals surface area contributed by atoms with Crippen LogP contribution in [0.4, 0.5) is 8.78 Å². The Kier molecular flexibility index (Phi) is 5.60. The lowest BCUT2D eigenvalue weighted by Gasteiger charge is -2.22. The molecular formula is C15H12BrCl2F2N. The van der Waals surface area contributed by atoms with Gasteiger partial charge in [0.05, 0.1) is 10.5 Å². The van der Waals surface area contributed by atoms with Gasteiger partial charge in [0.15, 0.2) is 11.6 Å². The number of benzene rings is 2. The first kappa shape index (κ1) is 16.7. The zero-order valence-electron chi connectivity index (χ0n) is 11.1. The monoisotopic (exact) mass is 393 g/mol. The van der Waals surface area contributed by atoms with Gasteiger partial charge >= 0.3 is 0 Å². The SMILES string of the molecule is CCNC(c1cc(Cl)ccc1Cl)c1ccc(F)c(F)c1Br. The van der Waals surface area contributed by atoms with Crippen LogP contribution in [0.5, 0.6) is 0 Å². The second kappa shape index (κ2) is 7.05. The van der Waals surface area contributed by atoms with E-state index in [1.165, 1.54) is 6.07 Å². The standard InChI is InChI=1S/C15H12BrCl2F2N/c1-2-21-15(10-7-8(17)3-5-11(10)18)9-4-6-12(19)14(20)13(9)16/h3-7,15,21H,2H2,1H3. The van der Waals surface area contributed by atoms with Crippen molar-refractivity contribution in [3.05, 3.63) is 67.6 Å². The summed E-state index contributed by atoms with van der Waals surface area (Å²) in [5.74, 6) is -1.83. The van der Waals surface area contributed by atoms with Gasteiger partial charge in [-0.1, -0.05) is 36.2 Å². The normalized spacial score (nSPS) is 12.5. The highest BCUT2D eigenvalue weighted by Gasteiger charge is 2.22. The van der Waals surface area contributed by atoms with Gasteiger partial charge in [0.25, 0.3) is 0 Å². The highest BCUT2D eigenvalue weighted by Crippen LogP contribution is 2.35. The number of hydrogen-bond acceptors (Lipinski definition) is 1. The Morgan fingerprint density at radius 1 is 1.14 bits per heavy atom. The van der Waals surface area contributed by atoms with Gasteiger partial charge in [-0.05, 0) is 57.9 Å². The fraction of sp³-hybridized carbons (Fsp3) is 0.200. The Hall–Kier alpha value is -0.680. The van der Waals surface area contributed by atoms with Crippen LogP contribution in [0.15, 0.2) is 34.8 Å². The average molecular weight is 395 g/mol. The lowest BCUT2D eigenvalue weighted by Crippen LogP contribution is -2.23. The van der Waals surface area contributed by atoms with Crippen molar-refractivity contribution in [3.8, 4) is 0 Å². The van der Waals surface area contributed by atoms with Crippen molar-refractivity contribution in [2.24, 2.45) is 0 Å². The second-order valence-corrected chi connectivity index (χ2v) is 6.06. The van der Waals surface area contributed by atoms with Crippen molar-refractivity contribution in [3.63, 3.8) is 0 Å². The lowest BCUT2D eigenvalue weighted by atomic mass is 9.98. The summed E-state index contributed by atoms with van der Waals surface area (Å²) in [7, 11) is 0. The first-order valence-corrected chi connectivity index (χ1v) is 7.82. The molecule has 0 heterocycles. The number of hydrogen-bond donors (Lipinski definition) is 1. The van der Waals surface area contributed by atoms with Crippen LogP contribution in [0, 0.1) is 11.6 Å². The van der Waals surface area contributed by atoms with E-state index < -0.39 is 17.7 Å². The van der Waals surface area contributed by atoms with Gasteiger partial charge in [-0.3, -0.25) is 0 Å². The highest BCUT2D eigenvalue weighted by molar-refractivity contribution is 9.10. The molecule has 0 aliphatic carbocycles. The predicted octanol–water partition coefficient (Wildman–Crippen LogP) is 5.73. The van der Waals surface area contributed by atoms with Crippen LogP contribution in [0.2, 0.25) is 10.0 Å². The van der Waals surface area contributed by atoms with Gasteiger partial charge in [0.1, 0.15) is 0 Å². The van der Waals surface area contributed by atoms with Crippen LogP contribution < -0.4 is 5.32 Å². The maximum atomic E-state index is 13.8. The molecule has 6 heteroatoms. The molecule has 2 aromatic carbocycles. The van der Waals surface area contributed by atoms with Gasteiger partial charge in [-0.25, -0.2) is 8.78 Å². The van der Waals surface area contributed by atoms with E-state index in [0.717, 1.165) is 6.07 Å². The van der Waals surface area contributed by atoms with E-state index in [2.05, 4.69) is 21.2 Å². The third-order valence-electron chi connectivity index (χ3n) is 3.05. The largest absolute Gasteiger partial charge is 0.306 e. The van der Waals surface area contributed by atoms with Crippen molar-refractivity contribution in [1.82, 2.24) is 5.32 Å². The molecule has 1 unspecified atom stereocenters. The van der Waals surface area contributed by atoms with E-state index in [-0.39, 0.29) is 4.47 Å². The van der Waals surface area contributed by atoms with Crippen molar-refractivity contribution in [2.45, 2.75) is 13.0 Å². The summed E-state index contributed by atoms with van der Waals surface area (Å²) in [4.78, 5) is 0. The van der Waals surface area contributed by atoms with Crippen LogP contribution >= 0.6 is 39.1 Å². The minimum absolute atomic E-state index is 0.0736. The fourth-order valence-corrected chi connectivity index (χ4v) is 3.05. The highest BCUT2D eigenvalue weighted by atomic mass is 79.9. The van der Waals surface area contributed by atoms with Crippen molar-refractivity contribution in [1.29, 1.82) is 0 Å². The molecule has 0 aliphatic heterocycles. The molecule has 0 aromatic heterocycles. The predicted molar refractivity (Wildman–Crippen MR) is 86.0 cm³/mol. The molecule has 0 bridgehead atoms. The second-order valence-electron chi connectivity index (χ2n) is 4.42. The Morgan fingerprint density at radius 2 is 1.86 bits per heavy atom. The minimum atomic E-state index is -0.923. The van der Waals surface area contributed by atoms with Crippen molar-refractivity contribution < 1.29 is 8.78 Å². The minimum Gasteiger partial charge on any atom is -0.306 e. The zero-order valence-corrected chi connectivity index (χ0v) is 14.2. The molecule has 21 heavy (non-hydrogen) atoms. The van der Waals surface area contributed by atoms with Crippen molar-refractivity contribution in [2.75, 3.05) is 6.54 Å². The van der Waals surface area contributed by atoms with E-state index in [9.17, 15) is 8.78 Å². The van der Waals surface area contributed by atoms with E-state index in [1.807, 2.05) is 6.92 Å². The summed E-state index contributed by atoms with van der Waals surface area (Å²) >= 11 is 15.3. The van der Waals surface area contributed by atoms with Crippen LogP contribution in [0.1, 0.15) is 24.1 Å². The fourth-order valence-electron chi connectivity index (χ4n) is 2.09. The number of halogens is 5. The maximum Gasteiger partial charge on any atom is 0.173 e. The van der Waals surface area contributed by atoms with Crippen LogP contribution in [0.3, 0.4) is 0 Å². The molecule has 0 aliphatic rings. The topological polar surface area (TPSA) is 12.0 Å². The zero-order chi connectivity index (χ0) is 15.6. The van der Waals surface area contributed by atoms with Gasteiger partial charge in [-0.2, -0.15) is 0 Å². The molecule has 0 fully saturated rings. The summed E-state index contributed by atoms with van der Waals surface area (Å²) in [5.41, 5.74) is 1.26. The molecule has 0 radical (unpaired) electrons. The third kappa shape index (κ3) is 3.57. The maximum absolute atomic E-state index is 13.8. The van der Waals surface area contributed by atoms with Crippen LogP contribution in [-0.4, -0.2) is 6.54 Å². The Bertz CT molecular complexity index is 664. The summed E-state index contributed by atoms with van der Waals surface area (Å²) < 4.78 is 27.1. The van der Waals surface area contributed by atoms with Gasteiger partial charge in [-0.15, -0.1) is 0 Å². The Morgan fingerprint density at radius 3 is 2.52 bits per heavy atom. The van der Waals surface area contributed by atoms with Crippen molar-refractivity contribution >= 4 is 39.1 Å². The molecular weight excluding hydrogens is 383 g/mol. The van der Waals surface area contributed by atoms with E-state index in [0.29, 0.717) is 27.7 Å². The molecule has 0 saturated heterocycles. The van der Waals surface area contributed by atoms with E-state index >= 15 is 0 Å². The number of rotatable bonds is 4. The Labute approximate surface area is 140 Å².